The number of aryl methyl sites for hydroxylation is 2. The van der Waals surface area contributed by atoms with Crippen LogP contribution in [0.3, 0.4) is 0 Å². The number of anilines is 1. The van der Waals surface area contributed by atoms with Crippen LogP contribution >= 0.6 is 11.3 Å². The molecule has 0 radical (unpaired) electrons. The number of carbonyl (C=O) groups excluding carboxylic acids is 1. The monoisotopic (exact) mass is 430 g/mol. The summed E-state index contributed by atoms with van der Waals surface area (Å²) in [6, 6.07) is 14.3. The first kappa shape index (κ1) is 21.1. The molecule has 0 aliphatic heterocycles. The minimum Gasteiger partial charge on any atom is -0.296 e. The predicted molar refractivity (Wildman–Crippen MR) is 114 cm³/mol. The average Bonchev–Trinajstić information content (AvgIpc) is 3.16. The van der Waals surface area contributed by atoms with Gasteiger partial charge in [-0.3, -0.25) is 10.1 Å². The molecular formula is C20H22N4O3S2. The number of carbonyl (C=O) groups is 1. The number of nitrogens with zero attached hydrogens (tertiary/aromatic N) is 2. The fraction of sp³-hybridized carbons (Fsp3) is 0.250. The molecule has 2 aromatic carbocycles. The van der Waals surface area contributed by atoms with Gasteiger partial charge in [0.15, 0.2) is 0 Å². The van der Waals surface area contributed by atoms with E-state index in [1.54, 1.807) is 18.2 Å². The van der Waals surface area contributed by atoms with Crippen LogP contribution < -0.4 is 10.0 Å². The highest BCUT2D eigenvalue weighted by atomic mass is 32.2. The van der Waals surface area contributed by atoms with Gasteiger partial charge in [-0.2, -0.15) is 0 Å². The van der Waals surface area contributed by atoms with Crippen LogP contribution in [0.4, 0.5) is 5.13 Å². The zero-order valence-electron chi connectivity index (χ0n) is 16.3. The van der Waals surface area contributed by atoms with E-state index in [0.29, 0.717) is 12.0 Å². The first-order valence-electron chi connectivity index (χ1n) is 9.09. The summed E-state index contributed by atoms with van der Waals surface area (Å²) in [6.07, 6.45) is 0.583. The van der Waals surface area contributed by atoms with Crippen molar-refractivity contribution in [3.63, 3.8) is 0 Å². The Balaban J connectivity index is 1.76. The molecule has 9 heteroatoms. The summed E-state index contributed by atoms with van der Waals surface area (Å²) in [7, 11) is -3.88. The molecule has 0 spiro atoms. The van der Waals surface area contributed by atoms with E-state index in [9.17, 15) is 13.2 Å². The van der Waals surface area contributed by atoms with E-state index in [1.165, 1.54) is 0 Å². The number of hydrogen-bond donors (Lipinski definition) is 2. The summed E-state index contributed by atoms with van der Waals surface area (Å²) >= 11 is 0.814. The summed E-state index contributed by atoms with van der Waals surface area (Å²) in [6.45, 7) is 5.74. The van der Waals surface area contributed by atoms with Gasteiger partial charge in [-0.05, 0) is 43.5 Å². The molecule has 0 saturated carbocycles. The van der Waals surface area contributed by atoms with E-state index in [4.69, 9.17) is 0 Å². The highest BCUT2D eigenvalue weighted by Gasteiger charge is 2.25. The molecule has 0 aliphatic carbocycles. The van der Waals surface area contributed by atoms with Gasteiger partial charge in [0.25, 0.3) is 15.9 Å². The van der Waals surface area contributed by atoms with Gasteiger partial charge < -0.3 is 0 Å². The highest BCUT2D eigenvalue weighted by molar-refractivity contribution is 7.91. The van der Waals surface area contributed by atoms with Gasteiger partial charge in [0.05, 0.1) is 0 Å². The Morgan fingerprint density at radius 3 is 2.55 bits per heavy atom. The van der Waals surface area contributed by atoms with Crippen molar-refractivity contribution in [2.24, 2.45) is 0 Å². The van der Waals surface area contributed by atoms with E-state index in [-0.39, 0.29) is 21.4 Å². The predicted octanol–water partition coefficient (Wildman–Crippen LogP) is 3.84. The van der Waals surface area contributed by atoms with Gasteiger partial charge in [0.2, 0.25) is 9.47 Å². The summed E-state index contributed by atoms with van der Waals surface area (Å²) in [5.41, 5.74) is 3.33. The molecule has 1 unspecified atom stereocenters. The maximum atomic E-state index is 12.8. The number of sulfonamides is 1. The highest BCUT2D eigenvalue weighted by Crippen LogP contribution is 2.25. The van der Waals surface area contributed by atoms with Crippen molar-refractivity contribution < 1.29 is 13.2 Å². The van der Waals surface area contributed by atoms with Gasteiger partial charge >= 0.3 is 0 Å². The van der Waals surface area contributed by atoms with Gasteiger partial charge in [0, 0.05) is 11.6 Å². The second-order valence-electron chi connectivity index (χ2n) is 6.64. The first-order valence-corrected chi connectivity index (χ1v) is 11.4. The molecule has 0 saturated heterocycles. The largest absolute Gasteiger partial charge is 0.296 e. The van der Waals surface area contributed by atoms with Crippen molar-refractivity contribution in [2.75, 3.05) is 5.32 Å². The van der Waals surface area contributed by atoms with Gasteiger partial charge in [0.1, 0.15) is 0 Å². The molecule has 0 fully saturated rings. The van der Waals surface area contributed by atoms with Crippen LogP contribution in [0.5, 0.6) is 0 Å². The summed E-state index contributed by atoms with van der Waals surface area (Å²) in [5.74, 6) is -0.367. The lowest BCUT2D eigenvalue weighted by Gasteiger charge is -2.18. The molecule has 2 N–H and O–H groups in total. The van der Waals surface area contributed by atoms with Crippen molar-refractivity contribution in [2.45, 2.75) is 37.6 Å². The van der Waals surface area contributed by atoms with Crippen LogP contribution in [0, 0.1) is 13.8 Å². The topological polar surface area (TPSA) is 101 Å². The number of benzene rings is 2. The fourth-order valence-electron chi connectivity index (χ4n) is 2.91. The lowest BCUT2D eigenvalue weighted by atomic mass is 10.0. The Hall–Kier alpha value is -2.62. The van der Waals surface area contributed by atoms with Crippen molar-refractivity contribution >= 4 is 32.4 Å². The van der Waals surface area contributed by atoms with E-state index in [1.807, 2.05) is 51.1 Å². The number of aromatic nitrogens is 2. The Bertz CT molecular complexity index is 1130. The summed E-state index contributed by atoms with van der Waals surface area (Å²) in [5, 5.41) is 10.3. The summed E-state index contributed by atoms with van der Waals surface area (Å²) in [4.78, 5) is 12.3. The Labute approximate surface area is 174 Å². The van der Waals surface area contributed by atoms with Gasteiger partial charge in [-0.15, -0.1) is 10.2 Å². The van der Waals surface area contributed by atoms with E-state index < -0.39 is 10.0 Å². The molecule has 3 rings (SSSR count). The Morgan fingerprint density at radius 2 is 1.86 bits per heavy atom. The Morgan fingerprint density at radius 1 is 1.10 bits per heavy atom. The second kappa shape index (κ2) is 8.81. The quantitative estimate of drug-likeness (QED) is 0.555. The van der Waals surface area contributed by atoms with Crippen molar-refractivity contribution in [1.82, 2.24) is 14.9 Å². The number of nitrogens with one attached hydrogen (secondary N) is 2. The van der Waals surface area contributed by atoms with Crippen LogP contribution in [0.1, 0.15) is 46.4 Å². The summed E-state index contributed by atoms with van der Waals surface area (Å²) < 4.78 is 28.1. The third-order valence-corrected chi connectivity index (χ3v) is 7.08. The van der Waals surface area contributed by atoms with Gasteiger partial charge in [-0.25, -0.2) is 13.1 Å². The fourth-order valence-corrected chi connectivity index (χ4v) is 5.12. The molecule has 1 heterocycles. The molecule has 0 aliphatic rings. The molecule has 1 atom stereocenters. The molecular weight excluding hydrogens is 408 g/mol. The van der Waals surface area contributed by atoms with Crippen LogP contribution in [-0.2, 0) is 10.0 Å². The standard InChI is InChI=1S/C20H22N4O3S2/c1-4-17(16-11-6-5-9-14(16)3)24-29(26,27)20-23-22-19(28-20)21-18(25)15-10-7-8-13(2)12-15/h5-12,17,24H,4H2,1-3H3,(H,21,22,25). The third-order valence-electron chi connectivity index (χ3n) is 4.41. The average molecular weight is 431 g/mol. The Kier molecular flexibility index (Phi) is 6.41. The lowest BCUT2D eigenvalue weighted by Crippen LogP contribution is -2.28. The van der Waals surface area contributed by atoms with Crippen molar-refractivity contribution in [1.29, 1.82) is 0 Å². The maximum Gasteiger partial charge on any atom is 0.270 e. The van der Waals surface area contributed by atoms with Crippen LogP contribution in [0.2, 0.25) is 0 Å². The molecule has 29 heavy (non-hydrogen) atoms. The minimum absolute atomic E-state index is 0.126. The lowest BCUT2D eigenvalue weighted by molar-refractivity contribution is 0.102. The molecule has 0 bridgehead atoms. The third kappa shape index (κ3) is 5.06. The normalized spacial score (nSPS) is 12.5. The smallest absolute Gasteiger partial charge is 0.270 e. The zero-order valence-corrected chi connectivity index (χ0v) is 18.0. The second-order valence-corrected chi connectivity index (χ2v) is 9.50. The van der Waals surface area contributed by atoms with Crippen LogP contribution in [0.25, 0.3) is 0 Å². The first-order chi connectivity index (χ1) is 13.8. The van der Waals surface area contributed by atoms with Crippen molar-refractivity contribution in [3.05, 3.63) is 70.8 Å². The molecule has 1 amide bonds. The van der Waals surface area contributed by atoms with E-state index in [2.05, 4.69) is 20.2 Å². The molecule has 7 nitrogen and oxygen atoms in total. The minimum atomic E-state index is -3.88. The van der Waals surface area contributed by atoms with Crippen molar-refractivity contribution in [3.8, 4) is 0 Å². The molecule has 152 valence electrons. The number of amides is 1. The van der Waals surface area contributed by atoms with Gasteiger partial charge in [-0.1, -0.05) is 60.2 Å². The number of hydrogen-bond acceptors (Lipinski definition) is 6. The number of rotatable bonds is 7. The molecule has 3 aromatic rings. The molecule has 1 aromatic heterocycles. The van der Waals surface area contributed by atoms with E-state index >= 15 is 0 Å². The SMILES string of the molecule is CCC(NS(=O)(=O)c1nnc(NC(=O)c2cccc(C)c2)s1)c1ccccc1C. The van der Waals surface area contributed by atoms with E-state index in [0.717, 1.165) is 28.0 Å². The van der Waals surface area contributed by atoms with Crippen LogP contribution in [-0.4, -0.2) is 24.5 Å². The maximum absolute atomic E-state index is 12.8. The zero-order chi connectivity index (χ0) is 21.0. The van der Waals surface area contributed by atoms with Crippen LogP contribution in [0.15, 0.2) is 52.9 Å².